The SMILES string of the molecule is O=C1NCCCCC1Nc1cc(Cl)cc(C(F)(F)F)c1. The number of amides is 1. The van der Waals surface area contributed by atoms with E-state index < -0.39 is 17.8 Å². The fraction of sp³-hybridized carbons (Fsp3) is 0.462. The molecule has 0 bridgehead atoms. The summed E-state index contributed by atoms with van der Waals surface area (Å²) in [5, 5.41) is 5.53. The molecule has 0 radical (unpaired) electrons. The number of alkyl halides is 3. The summed E-state index contributed by atoms with van der Waals surface area (Å²) in [5.74, 6) is -0.198. The highest BCUT2D eigenvalue weighted by Crippen LogP contribution is 2.33. The Hall–Kier alpha value is -1.43. The zero-order valence-electron chi connectivity index (χ0n) is 10.6. The van der Waals surface area contributed by atoms with Crippen molar-refractivity contribution >= 4 is 23.2 Å². The Kier molecular flexibility index (Phi) is 4.42. The highest BCUT2D eigenvalue weighted by Gasteiger charge is 2.31. The molecular formula is C13H14ClF3N2O. The zero-order chi connectivity index (χ0) is 14.8. The first-order chi connectivity index (χ1) is 9.36. The van der Waals surface area contributed by atoms with Crippen LogP contribution >= 0.6 is 11.6 Å². The van der Waals surface area contributed by atoms with Crippen LogP contribution in [-0.4, -0.2) is 18.5 Å². The maximum absolute atomic E-state index is 12.7. The molecule has 0 spiro atoms. The Morgan fingerprint density at radius 1 is 1.25 bits per heavy atom. The monoisotopic (exact) mass is 306 g/mol. The number of benzene rings is 1. The molecular weight excluding hydrogens is 293 g/mol. The fourth-order valence-corrected chi connectivity index (χ4v) is 2.35. The van der Waals surface area contributed by atoms with Crippen LogP contribution in [-0.2, 0) is 11.0 Å². The lowest BCUT2D eigenvalue weighted by Gasteiger charge is -2.18. The van der Waals surface area contributed by atoms with E-state index in [4.69, 9.17) is 11.6 Å². The van der Waals surface area contributed by atoms with E-state index in [1.165, 1.54) is 6.07 Å². The smallest absolute Gasteiger partial charge is 0.374 e. The number of carbonyl (C=O) groups is 1. The molecule has 0 saturated carbocycles. The number of halogens is 4. The average Bonchev–Trinajstić information content (AvgIpc) is 2.53. The number of hydrogen-bond donors (Lipinski definition) is 2. The Balaban J connectivity index is 2.20. The van der Waals surface area contributed by atoms with Crippen LogP contribution in [0.25, 0.3) is 0 Å². The molecule has 1 atom stereocenters. The predicted molar refractivity (Wildman–Crippen MR) is 70.7 cm³/mol. The lowest BCUT2D eigenvalue weighted by molar-refractivity contribution is -0.137. The summed E-state index contributed by atoms with van der Waals surface area (Å²) in [7, 11) is 0. The molecule has 1 aliphatic heterocycles. The van der Waals surface area contributed by atoms with Crippen LogP contribution in [0.4, 0.5) is 18.9 Å². The minimum atomic E-state index is -4.47. The topological polar surface area (TPSA) is 41.1 Å². The summed E-state index contributed by atoms with van der Waals surface area (Å²) in [6.45, 7) is 0.598. The van der Waals surface area contributed by atoms with Gasteiger partial charge in [0.2, 0.25) is 5.91 Å². The summed E-state index contributed by atoms with van der Waals surface area (Å²) >= 11 is 5.70. The van der Waals surface area contributed by atoms with Crippen LogP contribution in [0.5, 0.6) is 0 Å². The van der Waals surface area contributed by atoms with Gasteiger partial charge in [-0.2, -0.15) is 13.2 Å². The van der Waals surface area contributed by atoms with Crippen molar-refractivity contribution in [3.63, 3.8) is 0 Å². The molecule has 1 aromatic carbocycles. The molecule has 3 nitrogen and oxygen atoms in total. The zero-order valence-corrected chi connectivity index (χ0v) is 11.3. The first kappa shape index (κ1) is 15.0. The largest absolute Gasteiger partial charge is 0.416 e. The van der Waals surface area contributed by atoms with Crippen LogP contribution in [0.2, 0.25) is 5.02 Å². The van der Waals surface area contributed by atoms with Crippen LogP contribution in [0, 0.1) is 0 Å². The van der Waals surface area contributed by atoms with Crippen molar-refractivity contribution in [2.24, 2.45) is 0 Å². The summed E-state index contributed by atoms with van der Waals surface area (Å²) in [6, 6.07) is 2.68. The lowest BCUT2D eigenvalue weighted by atomic mass is 10.1. The second-order valence-corrected chi connectivity index (χ2v) is 5.15. The predicted octanol–water partition coefficient (Wildman–Crippen LogP) is 3.44. The number of nitrogens with one attached hydrogen (secondary N) is 2. The molecule has 0 aromatic heterocycles. The van der Waals surface area contributed by atoms with E-state index in [-0.39, 0.29) is 16.6 Å². The van der Waals surface area contributed by atoms with Gasteiger partial charge in [0.25, 0.3) is 0 Å². The summed E-state index contributed by atoms with van der Waals surface area (Å²) < 4.78 is 38.1. The van der Waals surface area contributed by atoms with E-state index in [0.29, 0.717) is 13.0 Å². The van der Waals surface area contributed by atoms with Gasteiger partial charge in [-0.1, -0.05) is 11.6 Å². The molecule has 110 valence electrons. The molecule has 1 amide bonds. The van der Waals surface area contributed by atoms with Gasteiger partial charge in [0.15, 0.2) is 0 Å². The fourth-order valence-electron chi connectivity index (χ4n) is 2.11. The van der Waals surface area contributed by atoms with Gasteiger partial charge in [-0.15, -0.1) is 0 Å². The van der Waals surface area contributed by atoms with Crippen molar-refractivity contribution in [2.75, 3.05) is 11.9 Å². The normalized spacial score (nSPS) is 20.2. The highest BCUT2D eigenvalue weighted by molar-refractivity contribution is 6.31. The number of hydrogen-bond acceptors (Lipinski definition) is 2. The molecule has 1 fully saturated rings. The van der Waals surface area contributed by atoms with Gasteiger partial charge < -0.3 is 10.6 Å². The van der Waals surface area contributed by atoms with Crippen molar-refractivity contribution < 1.29 is 18.0 Å². The molecule has 1 unspecified atom stereocenters. The third-order valence-corrected chi connectivity index (χ3v) is 3.32. The number of anilines is 1. The van der Waals surface area contributed by atoms with E-state index in [0.717, 1.165) is 25.0 Å². The second-order valence-electron chi connectivity index (χ2n) is 4.71. The van der Waals surface area contributed by atoms with Crippen LogP contribution in [0.1, 0.15) is 24.8 Å². The molecule has 20 heavy (non-hydrogen) atoms. The Morgan fingerprint density at radius 3 is 2.70 bits per heavy atom. The Labute approximate surface area is 119 Å². The summed E-state index contributed by atoms with van der Waals surface area (Å²) in [5.41, 5.74) is -0.631. The minimum absolute atomic E-state index is 0.0173. The summed E-state index contributed by atoms with van der Waals surface area (Å²) in [6.07, 6.45) is -2.18. The molecule has 7 heteroatoms. The van der Waals surface area contributed by atoms with E-state index in [1.807, 2.05) is 0 Å². The number of rotatable bonds is 2. The second kappa shape index (κ2) is 5.91. The number of carbonyl (C=O) groups excluding carboxylic acids is 1. The maximum Gasteiger partial charge on any atom is 0.416 e. The Bertz CT molecular complexity index is 505. The van der Waals surface area contributed by atoms with Gasteiger partial charge in [0.05, 0.1) is 5.56 Å². The maximum atomic E-state index is 12.7. The lowest BCUT2D eigenvalue weighted by Crippen LogP contribution is -2.37. The first-order valence-electron chi connectivity index (χ1n) is 6.28. The van der Waals surface area contributed by atoms with Crippen molar-refractivity contribution in [2.45, 2.75) is 31.5 Å². The third-order valence-electron chi connectivity index (χ3n) is 3.10. The van der Waals surface area contributed by atoms with Crippen molar-refractivity contribution in [1.82, 2.24) is 5.32 Å². The van der Waals surface area contributed by atoms with E-state index >= 15 is 0 Å². The Morgan fingerprint density at radius 2 is 2.00 bits per heavy atom. The van der Waals surface area contributed by atoms with Gasteiger partial charge in [0, 0.05) is 17.3 Å². The average molecular weight is 307 g/mol. The van der Waals surface area contributed by atoms with Gasteiger partial charge >= 0.3 is 6.18 Å². The van der Waals surface area contributed by atoms with E-state index in [1.54, 1.807) is 0 Å². The quantitative estimate of drug-likeness (QED) is 0.879. The van der Waals surface area contributed by atoms with Crippen LogP contribution < -0.4 is 10.6 Å². The molecule has 2 N–H and O–H groups in total. The molecule has 0 aliphatic carbocycles. The molecule has 2 rings (SSSR count). The summed E-state index contributed by atoms with van der Waals surface area (Å²) in [4.78, 5) is 11.8. The van der Waals surface area contributed by atoms with Crippen molar-refractivity contribution in [1.29, 1.82) is 0 Å². The molecule has 1 saturated heterocycles. The molecule has 1 heterocycles. The van der Waals surface area contributed by atoms with Gasteiger partial charge in [0.1, 0.15) is 6.04 Å². The van der Waals surface area contributed by atoms with Crippen molar-refractivity contribution in [3.05, 3.63) is 28.8 Å². The third kappa shape index (κ3) is 3.79. The van der Waals surface area contributed by atoms with Crippen LogP contribution in [0.15, 0.2) is 18.2 Å². The highest BCUT2D eigenvalue weighted by atomic mass is 35.5. The van der Waals surface area contributed by atoms with Crippen molar-refractivity contribution in [3.8, 4) is 0 Å². The van der Waals surface area contributed by atoms with E-state index in [9.17, 15) is 18.0 Å². The van der Waals surface area contributed by atoms with E-state index in [2.05, 4.69) is 10.6 Å². The molecule has 1 aromatic rings. The van der Waals surface area contributed by atoms with Crippen LogP contribution in [0.3, 0.4) is 0 Å². The van der Waals surface area contributed by atoms with Gasteiger partial charge in [-0.3, -0.25) is 4.79 Å². The van der Waals surface area contributed by atoms with Gasteiger partial charge in [-0.05, 0) is 37.5 Å². The van der Waals surface area contributed by atoms with Gasteiger partial charge in [-0.25, -0.2) is 0 Å². The standard InChI is InChI=1S/C13H14ClF3N2O/c14-9-5-8(13(15,16)17)6-10(7-9)19-11-3-1-2-4-18-12(11)20/h5-7,11,19H,1-4H2,(H,18,20). The first-order valence-corrected chi connectivity index (χ1v) is 6.66. The molecule has 1 aliphatic rings. The minimum Gasteiger partial charge on any atom is -0.374 e.